The van der Waals surface area contributed by atoms with Crippen molar-refractivity contribution in [2.75, 3.05) is 0 Å². The lowest BCUT2D eigenvalue weighted by Crippen LogP contribution is -2.12. The van der Waals surface area contributed by atoms with Gasteiger partial charge in [0.1, 0.15) is 0 Å². The Hall–Kier alpha value is -5.46. The largest absolute Gasteiger partial charge is 0.0990 e. The third-order valence-electron chi connectivity index (χ3n) is 11.3. The summed E-state index contributed by atoms with van der Waals surface area (Å²) in [5.74, 6) is 0. The highest BCUT2D eigenvalue weighted by molar-refractivity contribution is 6.56. The molecule has 0 saturated carbocycles. The van der Waals surface area contributed by atoms with Gasteiger partial charge < -0.3 is 0 Å². The molecule has 0 saturated heterocycles. The topological polar surface area (TPSA) is 0 Å². The van der Waals surface area contributed by atoms with E-state index in [4.69, 9.17) is 0 Å². The van der Waals surface area contributed by atoms with Crippen LogP contribution in [-0.2, 0) is 0 Å². The minimum absolute atomic E-state index is 0.940. The smallest absolute Gasteiger partial charge is 0.0000478 e. The van der Waals surface area contributed by atoms with E-state index in [0.29, 0.717) is 0 Å². The van der Waals surface area contributed by atoms with Crippen LogP contribution in [0, 0.1) is 6.92 Å². The summed E-state index contributed by atoms with van der Waals surface area (Å²) in [6.07, 6.45) is 12.4. The molecule has 0 radical (unpaired) electrons. The van der Waals surface area contributed by atoms with Crippen LogP contribution in [0.15, 0.2) is 91.5 Å². The van der Waals surface area contributed by atoms with E-state index in [2.05, 4.69) is 111 Å². The van der Waals surface area contributed by atoms with E-state index >= 15 is 0 Å². The van der Waals surface area contributed by atoms with Gasteiger partial charge in [-0.25, -0.2) is 0 Å². The maximum absolute atomic E-state index is 4.20. The first kappa shape index (κ1) is 22.1. The van der Waals surface area contributed by atoms with Crippen LogP contribution < -0.4 is 10.4 Å². The number of hydrogen-bond donors (Lipinski definition) is 0. The molecule has 1 aliphatic rings. The van der Waals surface area contributed by atoms with Crippen molar-refractivity contribution in [2.24, 2.45) is 0 Å². The Morgan fingerprint density at radius 3 is 1.64 bits per heavy atom. The van der Waals surface area contributed by atoms with Crippen molar-refractivity contribution >= 4 is 126 Å². The molecule has 0 N–H and O–H groups in total. The number of hydrogen-bond acceptors (Lipinski definition) is 0. The van der Waals surface area contributed by atoms with Crippen LogP contribution in [0.1, 0.15) is 17.5 Å². The van der Waals surface area contributed by atoms with E-state index < -0.39 is 0 Å². The Kier molecular flexibility index (Phi) is 3.53. The summed E-state index contributed by atoms with van der Waals surface area (Å²) < 4.78 is 0. The van der Waals surface area contributed by atoms with Gasteiger partial charge in [-0.15, -0.1) is 0 Å². The molecular weight excluding hydrogens is 528 g/mol. The van der Waals surface area contributed by atoms with Crippen molar-refractivity contribution in [2.45, 2.75) is 13.3 Å². The van der Waals surface area contributed by atoms with E-state index in [1.54, 1.807) is 0 Å². The van der Waals surface area contributed by atoms with Gasteiger partial charge in [0, 0.05) is 0 Å². The molecule has 44 heavy (non-hydrogen) atoms. The summed E-state index contributed by atoms with van der Waals surface area (Å²) in [6.45, 7) is 6.55. The molecule has 0 heterocycles. The Balaban J connectivity index is 1.68. The fraction of sp³-hybridized carbons (Fsp3) is 0.0455. The molecule has 0 atom stereocenters. The Labute approximate surface area is 251 Å². The number of aryl methyl sites for hydroxylation is 1. The van der Waals surface area contributed by atoms with E-state index in [1.807, 2.05) is 6.08 Å². The zero-order valence-corrected chi connectivity index (χ0v) is 24.2. The van der Waals surface area contributed by atoms with Crippen LogP contribution in [0.3, 0.4) is 0 Å². The van der Waals surface area contributed by atoms with Gasteiger partial charge in [0.05, 0.1) is 0 Å². The highest BCUT2D eigenvalue weighted by Crippen LogP contribution is 2.56. The van der Waals surface area contributed by atoms with E-state index in [9.17, 15) is 0 Å². The molecule has 0 bridgehead atoms. The Morgan fingerprint density at radius 1 is 0.500 bits per heavy atom. The summed E-state index contributed by atoms with van der Waals surface area (Å²) in [7, 11) is 0. The van der Waals surface area contributed by atoms with Crippen molar-refractivity contribution < 1.29 is 0 Å². The lowest BCUT2D eigenvalue weighted by Gasteiger charge is -2.28. The van der Waals surface area contributed by atoms with Crippen LogP contribution >= 0.6 is 0 Å². The molecule has 0 nitrogen and oxygen atoms in total. The molecule has 12 rings (SSSR count). The van der Waals surface area contributed by atoms with Gasteiger partial charge in [-0.1, -0.05) is 110 Å². The Bertz CT molecular complexity index is 3240. The van der Waals surface area contributed by atoms with Crippen LogP contribution in [0.2, 0.25) is 0 Å². The molecule has 0 spiro atoms. The summed E-state index contributed by atoms with van der Waals surface area (Å²) in [5, 5.41) is 30.8. The lowest BCUT2D eigenvalue weighted by atomic mass is 9.74. The third-order valence-corrected chi connectivity index (χ3v) is 11.3. The van der Waals surface area contributed by atoms with Gasteiger partial charge in [-0.05, 0) is 143 Å². The van der Waals surface area contributed by atoms with Crippen molar-refractivity contribution in [3.63, 3.8) is 0 Å². The average Bonchev–Trinajstić information content (AvgIpc) is 3.30. The van der Waals surface area contributed by atoms with Crippen LogP contribution in [0.5, 0.6) is 0 Å². The molecule has 0 aromatic heterocycles. The summed E-state index contributed by atoms with van der Waals surface area (Å²) in [4.78, 5) is 0. The monoisotopic (exact) mass is 552 g/mol. The Morgan fingerprint density at radius 2 is 0.977 bits per heavy atom. The standard InChI is InChI=1S/C44H24/c1-3-10-23-26-15-7-17-29-30-19-9-20-32-31-18-8-16-28-25-12-5-4-11-24-27-14-6-13-22-21(2)33(23)39-40(34(22)27)42(35(24)25)44(37(28)31)43(38(30)32)41(39)36(26)29/h3-4,6-20H,1,5H2,2H3/b23-10-. The second-order valence-corrected chi connectivity index (χ2v) is 13.0. The van der Waals surface area contributed by atoms with Crippen LogP contribution in [0.25, 0.3) is 126 Å². The van der Waals surface area contributed by atoms with Crippen LogP contribution in [-0.4, -0.2) is 0 Å². The zero-order chi connectivity index (χ0) is 28.6. The van der Waals surface area contributed by atoms with E-state index in [1.165, 1.54) is 129 Å². The second-order valence-electron chi connectivity index (χ2n) is 13.0. The van der Waals surface area contributed by atoms with Crippen molar-refractivity contribution in [1.82, 2.24) is 0 Å². The summed E-state index contributed by atoms with van der Waals surface area (Å²) >= 11 is 0. The molecule has 200 valence electrons. The number of rotatable bonds is 1. The normalized spacial score (nSPS) is 14.7. The molecule has 0 fully saturated rings. The predicted octanol–water partition coefficient (Wildman–Crippen LogP) is 10.9. The van der Waals surface area contributed by atoms with Gasteiger partial charge in [-0.3, -0.25) is 0 Å². The maximum Gasteiger partial charge on any atom is -0.0000478 e. The van der Waals surface area contributed by atoms with Crippen molar-refractivity contribution in [3.05, 3.63) is 113 Å². The van der Waals surface area contributed by atoms with Crippen LogP contribution in [0.4, 0.5) is 0 Å². The van der Waals surface area contributed by atoms with E-state index in [0.717, 1.165) is 6.42 Å². The number of fused-ring (bicyclic) bond motifs is 4. The third kappa shape index (κ3) is 2.09. The lowest BCUT2D eigenvalue weighted by molar-refractivity contribution is 1.52. The first-order chi connectivity index (χ1) is 21.8. The first-order valence-electron chi connectivity index (χ1n) is 15.7. The quantitative estimate of drug-likeness (QED) is 0.140. The summed E-state index contributed by atoms with van der Waals surface area (Å²) in [6, 6.07) is 28.0. The molecule has 0 amide bonds. The average molecular weight is 553 g/mol. The second kappa shape index (κ2) is 7.01. The molecule has 1 aliphatic carbocycles. The van der Waals surface area contributed by atoms with E-state index in [-0.39, 0.29) is 0 Å². The molecule has 0 unspecified atom stereocenters. The zero-order valence-electron chi connectivity index (χ0n) is 24.2. The van der Waals surface area contributed by atoms with Gasteiger partial charge in [0.2, 0.25) is 0 Å². The molecular formula is C44H24. The minimum atomic E-state index is 0.940. The molecule has 0 aliphatic heterocycles. The van der Waals surface area contributed by atoms with Gasteiger partial charge >= 0.3 is 0 Å². The molecule has 11 aromatic carbocycles. The van der Waals surface area contributed by atoms with Gasteiger partial charge in [0.25, 0.3) is 0 Å². The highest BCUT2D eigenvalue weighted by atomic mass is 14.3. The first-order valence-corrected chi connectivity index (χ1v) is 15.7. The summed E-state index contributed by atoms with van der Waals surface area (Å²) in [5.41, 5.74) is 2.74. The minimum Gasteiger partial charge on any atom is -0.0990 e. The van der Waals surface area contributed by atoms with Crippen molar-refractivity contribution in [1.29, 1.82) is 0 Å². The molecule has 0 heteroatoms. The fourth-order valence-corrected chi connectivity index (χ4v) is 9.95. The molecule has 11 aromatic rings. The van der Waals surface area contributed by atoms with Gasteiger partial charge in [-0.2, -0.15) is 0 Å². The van der Waals surface area contributed by atoms with Crippen molar-refractivity contribution in [3.8, 4) is 0 Å². The predicted molar refractivity (Wildman–Crippen MR) is 194 cm³/mol. The fourth-order valence-electron chi connectivity index (χ4n) is 9.95. The maximum atomic E-state index is 4.20. The SMILES string of the molecule is C=C/C=c1/c2cccc3c4cccc5c6cccc7c8c9c(c%10cccc%11c(C)c1c1c(c%10%11)c9c(c76)c(c54)c1c23)C=CCC=8. The highest BCUT2D eigenvalue weighted by Gasteiger charge is 2.30. The number of benzene rings is 11. The number of allylic oxidation sites excluding steroid dienone is 2. The van der Waals surface area contributed by atoms with Gasteiger partial charge in [0.15, 0.2) is 0 Å².